The van der Waals surface area contributed by atoms with Crippen molar-refractivity contribution >= 4 is 5.91 Å². The standard InChI is InChI=1S/C16H23N3O2/c1-10(2)5-6-11(3)17-16(20)14-9-13(18-19-14)15-8-7-12(4)21-15/h7-11H,5-6H2,1-4H3,(H,17,20)(H,18,19). The molecule has 2 rings (SSSR count). The Labute approximate surface area is 125 Å². The van der Waals surface area contributed by atoms with Gasteiger partial charge in [-0.25, -0.2) is 0 Å². The highest BCUT2D eigenvalue weighted by molar-refractivity contribution is 5.93. The number of nitrogens with zero attached hydrogens (tertiary/aromatic N) is 1. The van der Waals surface area contributed by atoms with Gasteiger partial charge in [0.25, 0.3) is 5.91 Å². The fourth-order valence-electron chi connectivity index (χ4n) is 2.10. The van der Waals surface area contributed by atoms with E-state index in [0.29, 0.717) is 23.1 Å². The molecule has 114 valence electrons. The molecule has 1 atom stereocenters. The molecular formula is C16H23N3O2. The van der Waals surface area contributed by atoms with Gasteiger partial charge in [-0.3, -0.25) is 9.89 Å². The predicted molar refractivity (Wildman–Crippen MR) is 82.0 cm³/mol. The van der Waals surface area contributed by atoms with Gasteiger partial charge in [0, 0.05) is 12.1 Å². The maximum atomic E-state index is 12.1. The number of aryl methyl sites for hydroxylation is 1. The second-order valence-corrected chi connectivity index (χ2v) is 5.92. The summed E-state index contributed by atoms with van der Waals surface area (Å²) >= 11 is 0. The minimum absolute atomic E-state index is 0.144. The summed E-state index contributed by atoms with van der Waals surface area (Å²) in [5, 5.41) is 9.86. The minimum Gasteiger partial charge on any atom is -0.460 e. The van der Waals surface area contributed by atoms with E-state index >= 15 is 0 Å². The Kier molecular flexibility index (Phi) is 4.83. The molecule has 2 heterocycles. The van der Waals surface area contributed by atoms with Gasteiger partial charge >= 0.3 is 0 Å². The van der Waals surface area contributed by atoms with Crippen LogP contribution in [0.3, 0.4) is 0 Å². The molecule has 2 aromatic heterocycles. The van der Waals surface area contributed by atoms with Crippen LogP contribution in [-0.2, 0) is 0 Å². The third-order valence-electron chi connectivity index (χ3n) is 3.37. The third-order valence-corrected chi connectivity index (χ3v) is 3.37. The fraction of sp³-hybridized carbons (Fsp3) is 0.500. The Balaban J connectivity index is 1.96. The van der Waals surface area contributed by atoms with Crippen molar-refractivity contribution in [3.8, 4) is 11.5 Å². The van der Waals surface area contributed by atoms with Crippen LogP contribution in [0.1, 0.15) is 49.9 Å². The van der Waals surface area contributed by atoms with E-state index < -0.39 is 0 Å². The first-order chi connectivity index (χ1) is 9.95. The maximum Gasteiger partial charge on any atom is 0.271 e. The van der Waals surface area contributed by atoms with Gasteiger partial charge in [0.2, 0.25) is 0 Å². The van der Waals surface area contributed by atoms with Crippen molar-refractivity contribution in [1.82, 2.24) is 15.5 Å². The van der Waals surface area contributed by atoms with E-state index in [0.717, 1.165) is 18.6 Å². The molecule has 0 aliphatic rings. The van der Waals surface area contributed by atoms with Crippen LogP contribution in [0.25, 0.3) is 11.5 Å². The maximum absolute atomic E-state index is 12.1. The zero-order chi connectivity index (χ0) is 15.4. The molecule has 0 aromatic carbocycles. The van der Waals surface area contributed by atoms with Gasteiger partial charge in [0.15, 0.2) is 11.5 Å². The van der Waals surface area contributed by atoms with E-state index in [4.69, 9.17) is 4.42 Å². The number of hydrogen-bond acceptors (Lipinski definition) is 3. The molecular weight excluding hydrogens is 266 g/mol. The van der Waals surface area contributed by atoms with Crippen LogP contribution in [0, 0.1) is 12.8 Å². The van der Waals surface area contributed by atoms with Crippen LogP contribution >= 0.6 is 0 Å². The van der Waals surface area contributed by atoms with Crippen LogP contribution in [-0.4, -0.2) is 22.1 Å². The summed E-state index contributed by atoms with van der Waals surface area (Å²) in [5.74, 6) is 2.00. The lowest BCUT2D eigenvalue weighted by Crippen LogP contribution is -2.32. The van der Waals surface area contributed by atoms with Crippen molar-refractivity contribution in [2.24, 2.45) is 5.92 Å². The number of hydrogen-bond donors (Lipinski definition) is 2. The van der Waals surface area contributed by atoms with Gasteiger partial charge in [-0.2, -0.15) is 5.10 Å². The van der Waals surface area contributed by atoms with E-state index in [9.17, 15) is 4.79 Å². The molecule has 0 aliphatic carbocycles. The van der Waals surface area contributed by atoms with Crippen LogP contribution in [0.2, 0.25) is 0 Å². The third kappa shape index (κ3) is 4.21. The van der Waals surface area contributed by atoms with Gasteiger partial charge < -0.3 is 9.73 Å². The van der Waals surface area contributed by atoms with Crippen LogP contribution in [0.5, 0.6) is 0 Å². The summed E-state index contributed by atoms with van der Waals surface area (Å²) < 4.78 is 5.51. The van der Waals surface area contributed by atoms with Gasteiger partial charge in [-0.1, -0.05) is 13.8 Å². The van der Waals surface area contributed by atoms with Crippen molar-refractivity contribution in [3.05, 3.63) is 29.7 Å². The van der Waals surface area contributed by atoms with Gasteiger partial charge in [0.1, 0.15) is 11.5 Å². The lowest BCUT2D eigenvalue weighted by atomic mass is 10.0. The Morgan fingerprint density at radius 1 is 1.33 bits per heavy atom. The Morgan fingerprint density at radius 2 is 2.10 bits per heavy atom. The molecule has 1 unspecified atom stereocenters. The second kappa shape index (κ2) is 6.61. The average molecular weight is 289 g/mol. The highest BCUT2D eigenvalue weighted by atomic mass is 16.3. The summed E-state index contributed by atoms with van der Waals surface area (Å²) in [4.78, 5) is 12.1. The Hall–Kier alpha value is -2.04. The minimum atomic E-state index is -0.156. The predicted octanol–water partition coefficient (Wildman–Crippen LogP) is 3.53. The first-order valence-corrected chi connectivity index (χ1v) is 7.38. The number of aromatic amines is 1. The molecule has 2 N–H and O–H groups in total. The van der Waals surface area contributed by atoms with Gasteiger partial charge in [0.05, 0.1) is 0 Å². The highest BCUT2D eigenvalue weighted by Gasteiger charge is 2.15. The molecule has 21 heavy (non-hydrogen) atoms. The van der Waals surface area contributed by atoms with Gasteiger partial charge in [-0.05, 0) is 44.7 Å². The van der Waals surface area contributed by atoms with Crippen molar-refractivity contribution in [2.45, 2.75) is 46.6 Å². The van der Waals surface area contributed by atoms with E-state index in [1.54, 1.807) is 6.07 Å². The molecule has 1 amide bonds. The first-order valence-electron chi connectivity index (χ1n) is 7.38. The lowest BCUT2D eigenvalue weighted by Gasteiger charge is -2.13. The topological polar surface area (TPSA) is 70.9 Å². The molecule has 0 bridgehead atoms. The number of furan rings is 1. The molecule has 0 aliphatic heterocycles. The quantitative estimate of drug-likeness (QED) is 0.854. The molecule has 0 saturated carbocycles. The van der Waals surface area contributed by atoms with E-state index in [1.165, 1.54) is 0 Å². The summed E-state index contributed by atoms with van der Waals surface area (Å²) in [6.45, 7) is 8.26. The number of H-pyrrole nitrogens is 1. The van der Waals surface area contributed by atoms with Crippen molar-refractivity contribution < 1.29 is 9.21 Å². The number of carbonyl (C=O) groups is 1. The number of rotatable bonds is 6. The number of carbonyl (C=O) groups excluding carboxylic acids is 1. The SMILES string of the molecule is Cc1ccc(-c2cc(C(=O)NC(C)CCC(C)C)n[nH]2)o1. The Bertz CT molecular complexity index is 598. The smallest absolute Gasteiger partial charge is 0.271 e. The fourth-order valence-corrected chi connectivity index (χ4v) is 2.10. The molecule has 0 radical (unpaired) electrons. The summed E-state index contributed by atoms with van der Waals surface area (Å²) in [5.41, 5.74) is 1.10. The van der Waals surface area contributed by atoms with Crippen molar-refractivity contribution in [3.63, 3.8) is 0 Å². The van der Waals surface area contributed by atoms with E-state index in [-0.39, 0.29) is 11.9 Å². The molecule has 0 saturated heterocycles. The zero-order valence-electron chi connectivity index (χ0n) is 13.1. The second-order valence-electron chi connectivity index (χ2n) is 5.92. The molecule has 0 spiro atoms. The van der Waals surface area contributed by atoms with Crippen LogP contribution in [0.15, 0.2) is 22.6 Å². The Morgan fingerprint density at radius 3 is 2.71 bits per heavy atom. The van der Waals surface area contributed by atoms with Crippen molar-refractivity contribution in [2.75, 3.05) is 0 Å². The van der Waals surface area contributed by atoms with Gasteiger partial charge in [-0.15, -0.1) is 0 Å². The monoisotopic (exact) mass is 289 g/mol. The summed E-state index contributed by atoms with van der Waals surface area (Å²) in [7, 11) is 0. The van der Waals surface area contributed by atoms with Crippen LogP contribution in [0.4, 0.5) is 0 Å². The summed E-state index contributed by atoms with van der Waals surface area (Å²) in [6.07, 6.45) is 2.07. The molecule has 2 aromatic rings. The average Bonchev–Trinajstić information content (AvgIpc) is 3.04. The zero-order valence-corrected chi connectivity index (χ0v) is 13.1. The lowest BCUT2D eigenvalue weighted by molar-refractivity contribution is 0.0932. The van der Waals surface area contributed by atoms with Crippen molar-refractivity contribution in [1.29, 1.82) is 0 Å². The number of nitrogens with one attached hydrogen (secondary N) is 2. The molecule has 5 heteroatoms. The largest absolute Gasteiger partial charge is 0.460 e. The number of aromatic nitrogens is 2. The summed E-state index contributed by atoms with van der Waals surface area (Å²) in [6, 6.07) is 5.59. The number of amides is 1. The molecule has 5 nitrogen and oxygen atoms in total. The highest BCUT2D eigenvalue weighted by Crippen LogP contribution is 2.20. The van der Waals surface area contributed by atoms with E-state index in [1.807, 2.05) is 26.0 Å². The normalized spacial score (nSPS) is 12.6. The first kappa shape index (κ1) is 15.4. The molecule has 0 fully saturated rings. The van der Waals surface area contributed by atoms with Crippen LogP contribution < -0.4 is 5.32 Å². The van der Waals surface area contributed by atoms with E-state index in [2.05, 4.69) is 29.4 Å².